The molecule has 1 unspecified atom stereocenters. The van der Waals surface area contributed by atoms with Crippen LogP contribution >= 0.6 is 0 Å². The van der Waals surface area contributed by atoms with Crippen molar-refractivity contribution in [3.8, 4) is 0 Å². The smallest absolute Gasteiger partial charge is 0.304 e. The number of hydrogen-bond acceptors (Lipinski definition) is 3. The maximum Gasteiger partial charge on any atom is 0.304 e. The quantitative estimate of drug-likeness (QED) is 0.786. The zero-order valence-electron chi connectivity index (χ0n) is 9.68. The molecule has 0 bridgehead atoms. The first-order valence-electron chi connectivity index (χ1n) is 5.24. The summed E-state index contributed by atoms with van der Waals surface area (Å²) in [5, 5.41) is 8.61. The minimum absolute atomic E-state index is 0.00377. The van der Waals surface area contributed by atoms with Gasteiger partial charge in [-0.05, 0) is 19.1 Å². The Morgan fingerprint density at radius 1 is 1.44 bits per heavy atom. The van der Waals surface area contributed by atoms with Gasteiger partial charge in [0.15, 0.2) is 0 Å². The lowest BCUT2D eigenvalue weighted by Crippen LogP contribution is -2.36. The zero-order chi connectivity index (χ0) is 12.1. The van der Waals surface area contributed by atoms with Crippen molar-refractivity contribution in [2.75, 3.05) is 18.5 Å². The molecule has 1 atom stereocenters. The first-order valence-corrected chi connectivity index (χ1v) is 5.24. The number of likely N-dealkylation sites (N-methyl/N-ethyl adjacent to an activating group) is 1. The van der Waals surface area contributed by atoms with Gasteiger partial charge in [-0.1, -0.05) is 17.7 Å². The van der Waals surface area contributed by atoms with Crippen LogP contribution in [0.15, 0.2) is 24.3 Å². The summed E-state index contributed by atoms with van der Waals surface area (Å²) in [4.78, 5) is 12.4. The van der Waals surface area contributed by atoms with Gasteiger partial charge in [-0.15, -0.1) is 0 Å². The van der Waals surface area contributed by atoms with E-state index in [2.05, 4.69) is 0 Å². The van der Waals surface area contributed by atoms with Crippen molar-refractivity contribution in [2.24, 2.45) is 5.73 Å². The van der Waals surface area contributed by atoms with Crippen LogP contribution in [0, 0.1) is 6.92 Å². The molecule has 16 heavy (non-hydrogen) atoms. The third-order valence-corrected chi connectivity index (χ3v) is 2.42. The Hall–Kier alpha value is -1.55. The fourth-order valence-corrected chi connectivity index (χ4v) is 1.55. The van der Waals surface area contributed by atoms with Gasteiger partial charge in [0.25, 0.3) is 0 Å². The van der Waals surface area contributed by atoms with E-state index in [1.807, 2.05) is 43.1 Å². The van der Waals surface area contributed by atoms with E-state index in [1.54, 1.807) is 0 Å². The van der Waals surface area contributed by atoms with Crippen LogP contribution in [0.25, 0.3) is 0 Å². The van der Waals surface area contributed by atoms with Crippen LogP contribution < -0.4 is 10.6 Å². The second kappa shape index (κ2) is 5.51. The number of nitrogens with two attached hydrogens (primary N) is 1. The maximum absolute atomic E-state index is 10.5. The van der Waals surface area contributed by atoms with Gasteiger partial charge in [0.2, 0.25) is 0 Å². The molecular formula is C12H18N2O2. The summed E-state index contributed by atoms with van der Waals surface area (Å²) in [5.41, 5.74) is 7.97. The SMILES string of the molecule is Cc1ccc(N(C)CC(N)CC(=O)O)cc1. The molecule has 88 valence electrons. The molecule has 0 aromatic heterocycles. The summed E-state index contributed by atoms with van der Waals surface area (Å²) < 4.78 is 0. The van der Waals surface area contributed by atoms with Gasteiger partial charge in [-0.2, -0.15) is 0 Å². The van der Waals surface area contributed by atoms with Crippen LogP contribution in [-0.2, 0) is 4.79 Å². The topological polar surface area (TPSA) is 66.6 Å². The Morgan fingerprint density at radius 3 is 2.50 bits per heavy atom. The second-order valence-corrected chi connectivity index (χ2v) is 4.07. The van der Waals surface area contributed by atoms with E-state index >= 15 is 0 Å². The van der Waals surface area contributed by atoms with Crippen LogP contribution in [0.5, 0.6) is 0 Å². The summed E-state index contributed by atoms with van der Waals surface area (Å²) in [6.07, 6.45) is -0.00377. The Kier molecular flexibility index (Phi) is 4.31. The van der Waals surface area contributed by atoms with Crippen molar-refractivity contribution in [2.45, 2.75) is 19.4 Å². The van der Waals surface area contributed by atoms with Gasteiger partial charge in [0, 0.05) is 25.3 Å². The first-order chi connectivity index (χ1) is 7.49. The van der Waals surface area contributed by atoms with Crippen molar-refractivity contribution < 1.29 is 9.90 Å². The molecule has 3 N–H and O–H groups in total. The minimum atomic E-state index is -0.857. The summed E-state index contributed by atoms with van der Waals surface area (Å²) in [6, 6.07) is 7.71. The van der Waals surface area contributed by atoms with E-state index in [9.17, 15) is 4.79 Å². The van der Waals surface area contributed by atoms with Crippen molar-refractivity contribution in [1.82, 2.24) is 0 Å². The average Bonchev–Trinajstić information content (AvgIpc) is 2.16. The Labute approximate surface area is 95.7 Å². The molecule has 0 saturated carbocycles. The van der Waals surface area contributed by atoms with Crippen molar-refractivity contribution >= 4 is 11.7 Å². The highest BCUT2D eigenvalue weighted by atomic mass is 16.4. The lowest BCUT2D eigenvalue weighted by molar-refractivity contribution is -0.137. The molecule has 0 aliphatic heterocycles. The number of aliphatic carboxylic acids is 1. The Bertz CT molecular complexity index is 349. The number of rotatable bonds is 5. The van der Waals surface area contributed by atoms with Crippen molar-refractivity contribution in [3.05, 3.63) is 29.8 Å². The van der Waals surface area contributed by atoms with Crippen LogP contribution in [0.3, 0.4) is 0 Å². The predicted molar refractivity (Wildman–Crippen MR) is 64.7 cm³/mol. The van der Waals surface area contributed by atoms with E-state index in [0.717, 1.165) is 5.69 Å². The molecule has 0 aliphatic carbocycles. The Balaban J connectivity index is 2.54. The molecule has 1 aromatic rings. The molecule has 4 nitrogen and oxygen atoms in total. The molecule has 0 heterocycles. The summed E-state index contributed by atoms with van der Waals surface area (Å²) in [7, 11) is 1.91. The van der Waals surface area contributed by atoms with Gasteiger partial charge in [0.05, 0.1) is 6.42 Å². The molecule has 1 rings (SSSR count). The molecule has 4 heteroatoms. The largest absolute Gasteiger partial charge is 0.481 e. The van der Waals surface area contributed by atoms with Gasteiger partial charge in [0.1, 0.15) is 0 Å². The fraction of sp³-hybridized carbons (Fsp3) is 0.417. The predicted octanol–water partition coefficient (Wildman–Crippen LogP) is 1.23. The fourth-order valence-electron chi connectivity index (χ4n) is 1.55. The zero-order valence-corrected chi connectivity index (χ0v) is 9.68. The lowest BCUT2D eigenvalue weighted by Gasteiger charge is -2.22. The van der Waals surface area contributed by atoms with E-state index in [0.29, 0.717) is 6.54 Å². The molecule has 0 radical (unpaired) electrons. The van der Waals surface area contributed by atoms with E-state index < -0.39 is 5.97 Å². The third kappa shape index (κ3) is 3.90. The van der Waals surface area contributed by atoms with Crippen LogP contribution in [0.1, 0.15) is 12.0 Å². The molecule has 0 aliphatic rings. The number of aryl methyl sites for hydroxylation is 1. The highest BCUT2D eigenvalue weighted by Crippen LogP contribution is 2.13. The number of benzene rings is 1. The summed E-state index contributed by atoms with van der Waals surface area (Å²) in [5.74, 6) is -0.857. The minimum Gasteiger partial charge on any atom is -0.481 e. The molecule has 0 amide bonds. The number of hydrogen-bond donors (Lipinski definition) is 2. The summed E-state index contributed by atoms with van der Waals surface area (Å²) in [6.45, 7) is 2.56. The number of carboxylic acid groups (broad SMARTS) is 1. The van der Waals surface area contributed by atoms with Gasteiger partial charge < -0.3 is 15.7 Å². The first kappa shape index (κ1) is 12.5. The molecule has 0 spiro atoms. The van der Waals surface area contributed by atoms with E-state index in [4.69, 9.17) is 10.8 Å². The lowest BCUT2D eigenvalue weighted by atomic mass is 10.2. The number of nitrogens with zero attached hydrogens (tertiary/aromatic N) is 1. The number of anilines is 1. The highest BCUT2D eigenvalue weighted by Gasteiger charge is 2.11. The normalized spacial score (nSPS) is 12.2. The van der Waals surface area contributed by atoms with Gasteiger partial charge in [-0.3, -0.25) is 4.79 Å². The molecule has 0 fully saturated rings. The second-order valence-electron chi connectivity index (χ2n) is 4.07. The van der Waals surface area contributed by atoms with Crippen LogP contribution in [0.2, 0.25) is 0 Å². The molecule has 1 aromatic carbocycles. The van der Waals surface area contributed by atoms with Crippen molar-refractivity contribution in [1.29, 1.82) is 0 Å². The monoisotopic (exact) mass is 222 g/mol. The summed E-state index contributed by atoms with van der Waals surface area (Å²) >= 11 is 0. The van der Waals surface area contributed by atoms with Crippen LogP contribution in [0.4, 0.5) is 5.69 Å². The Morgan fingerprint density at radius 2 is 2.00 bits per heavy atom. The molecule has 0 saturated heterocycles. The van der Waals surface area contributed by atoms with Crippen molar-refractivity contribution in [3.63, 3.8) is 0 Å². The number of carbonyl (C=O) groups is 1. The van der Waals surface area contributed by atoms with E-state index in [-0.39, 0.29) is 12.5 Å². The average molecular weight is 222 g/mol. The van der Waals surface area contributed by atoms with Gasteiger partial charge >= 0.3 is 5.97 Å². The molecular weight excluding hydrogens is 204 g/mol. The maximum atomic E-state index is 10.5. The number of carboxylic acids is 1. The standard InChI is InChI=1S/C12H18N2O2/c1-9-3-5-11(6-4-9)14(2)8-10(13)7-12(15)16/h3-6,10H,7-8,13H2,1-2H3,(H,15,16). The van der Waals surface area contributed by atoms with Gasteiger partial charge in [-0.25, -0.2) is 0 Å². The highest BCUT2D eigenvalue weighted by molar-refractivity contribution is 5.67. The van der Waals surface area contributed by atoms with Crippen LogP contribution in [-0.4, -0.2) is 30.7 Å². The van der Waals surface area contributed by atoms with E-state index in [1.165, 1.54) is 5.56 Å². The third-order valence-electron chi connectivity index (χ3n) is 2.42.